The number of hydrogen-bond donors (Lipinski definition) is 1. The van der Waals surface area contributed by atoms with Crippen molar-refractivity contribution in [3.05, 3.63) is 0 Å². The van der Waals surface area contributed by atoms with Crippen molar-refractivity contribution in [2.24, 2.45) is 16.6 Å². The van der Waals surface area contributed by atoms with E-state index >= 15 is 0 Å². The quantitative estimate of drug-likeness (QED) is 0.673. The van der Waals surface area contributed by atoms with Crippen molar-refractivity contribution < 1.29 is 0 Å². The number of guanidine groups is 1. The third-order valence-corrected chi connectivity index (χ3v) is 3.74. The van der Waals surface area contributed by atoms with E-state index in [4.69, 9.17) is 5.73 Å². The van der Waals surface area contributed by atoms with Crippen LogP contribution in [0.1, 0.15) is 51.9 Å². The summed E-state index contributed by atoms with van der Waals surface area (Å²) in [5.74, 6) is 1.71. The molecule has 1 atom stereocenters. The zero-order chi connectivity index (χ0) is 11.4. The molecule has 0 spiro atoms. The van der Waals surface area contributed by atoms with Gasteiger partial charge in [0.1, 0.15) is 0 Å². The second-order valence-electron chi connectivity index (χ2n) is 5.30. The zero-order valence-corrected chi connectivity index (χ0v) is 10.5. The maximum Gasteiger partial charge on any atom is 0.191 e. The third kappa shape index (κ3) is 3.13. The van der Waals surface area contributed by atoms with Crippen molar-refractivity contribution in [1.82, 2.24) is 4.90 Å². The van der Waals surface area contributed by atoms with Crippen molar-refractivity contribution in [3.63, 3.8) is 0 Å². The molecule has 0 saturated heterocycles. The predicted molar refractivity (Wildman–Crippen MR) is 68.5 cm³/mol. The van der Waals surface area contributed by atoms with Crippen LogP contribution in [-0.2, 0) is 0 Å². The first-order chi connectivity index (χ1) is 7.81. The summed E-state index contributed by atoms with van der Waals surface area (Å²) >= 11 is 0. The normalized spacial score (nSPS) is 24.9. The Morgan fingerprint density at radius 3 is 2.81 bits per heavy atom. The van der Waals surface area contributed by atoms with Crippen molar-refractivity contribution in [2.45, 2.75) is 57.9 Å². The smallest absolute Gasteiger partial charge is 0.191 e. The average molecular weight is 223 g/mol. The number of rotatable bonds is 7. The molecule has 3 nitrogen and oxygen atoms in total. The van der Waals surface area contributed by atoms with Crippen LogP contribution in [0.2, 0.25) is 0 Å². The van der Waals surface area contributed by atoms with Gasteiger partial charge < -0.3 is 10.6 Å². The van der Waals surface area contributed by atoms with Crippen LogP contribution >= 0.6 is 0 Å². The summed E-state index contributed by atoms with van der Waals surface area (Å²) in [4.78, 5) is 6.76. The fraction of sp³-hybridized carbons (Fsp3) is 0.923. The summed E-state index contributed by atoms with van der Waals surface area (Å²) in [6, 6.07) is 0.609. The van der Waals surface area contributed by atoms with Crippen LogP contribution in [0.4, 0.5) is 0 Å². The van der Waals surface area contributed by atoms with E-state index in [1.807, 2.05) is 0 Å². The summed E-state index contributed by atoms with van der Waals surface area (Å²) in [6.45, 7) is 4.36. The molecule has 2 rings (SSSR count). The number of nitrogens with two attached hydrogens (primary N) is 1. The Morgan fingerprint density at radius 2 is 2.12 bits per heavy atom. The van der Waals surface area contributed by atoms with Gasteiger partial charge in [-0.05, 0) is 25.2 Å². The van der Waals surface area contributed by atoms with Crippen LogP contribution in [0.15, 0.2) is 4.99 Å². The SMILES string of the molecule is CCCCCCC1CN=C(N)N1CC1CC1. The maximum absolute atomic E-state index is 5.95. The van der Waals surface area contributed by atoms with Gasteiger partial charge in [-0.3, -0.25) is 4.99 Å². The van der Waals surface area contributed by atoms with Crippen LogP contribution in [-0.4, -0.2) is 30.0 Å². The lowest BCUT2D eigenvalue weighted by Gasteiger charge is -2.26. The van der Waals surface area contributed by atoms with Gasteiger partial charge in [-0.25, -0.2) is 0 Å². The lowest BCUT2D eigenvalue weighted by molar-refractivity contribution is 0.305. The fourth-order valence-corrected chi connectivity index (χ4v) is 2.45. The second kappa shape index (κ2) is 5.55. The highest BCUT2D eigenvalue weighted by atomic mass is 15.3. The molecular formula is C13H25N3. The van der Waals surface area contributed by atoms with Gasteiger partial charge in [-0.15, -0.1) is 0 Å². The highest BCUT2D eigenvalue weighted by molar-refractivity contribution is 5.80. The molecule has 1 aliphatic carbocycles. The van der Waals surface area contributed by atoms with Crippen LogP contribution in [0.5, 0.6) is 0 Å². The van der Waals surface area contributed by atoms with Gasteiger partial charge in [0.25, 0.3) is 0 Å². The minimum Gasteiger partial charge on any atom is -0.370 e. The summed E-state index contributed by atoms with van der Waals surface area (Å²) < 4.78 is 0. The molecule has 1 heterocycles. The molecule has 0 aromatic carbocycles. The molecule has 0 amide bonds. The first kappa shape index (κ1) is 11.7. The Bertz CT molecular complexity index is 246. The highest BCUT2D eigenvalue weighted by Gasteiger charge is 2.31. The Hall–Kier alpha value is -0.730. The van der Waals surface area contributed by atoms with E-state index in [1.165, 1.54) is 44.9 Å². The summed E-state index contributed by atoms with van der Waals surface area (Å²) in [5, 5.41) is 0. The maximum atomic E-state index is 5.95. The molecule has 0 aromatic heterocycles. The molecule has 0 aromatic rings. The molecule has 92 valence electrons. The molecule has 1 unspecified atom stereocenters. The minimum atomic E-state index is 0.609. The van der Waals surface area contributed by atoms with Crippen molar-refractivity contribution in [3.8, 4) is 0 Å². The van der Waals surface area contributed by atoms with E-state index in [2.05, 4.69) is 16.8 Å². The second-order valence-corrected chi connectivity index (χ2v) is 5.30. The molecule has 16 heavy (non-hydrogen) atoms. The Morgan fingerprint density at radius 1 is 1.31 bits per heavy atom. The molecular weight excluding hydrogens is 198 g/mol. The molecule has 1 fully saturated rings. The highest BCUT2D eigenvalue weighted by Crippen LogP contribution is 2.31. The predicted octanol–water partition coefficient (Wildman–Crippen LogP) is 2.37. The largest absolute Gasteiger partial charge is 0.370 e. The molecule has 0 bridgehead atoms. The van der Waals surface area contributed by atoms with E-state index in [1.54, 1.807) is 0 Å². The molecule has 1 saturated carbocycles. The van der Waals surface area contributed by atoms with E-state index in [0.717, 1.165) is 25.0 Å². The summed E-state index contributed by atoms with van der Waals surface area (Å²) in [5.41, 5.74) is 5.95. The van der Waals surface area contributed by atoms with Crippen LogP contribution in [0.3, 0.4) is 0 Å². The van der Waals surface area contributed by atoms with E-state index in [9.17, 15) is 0 Å². The average Bonchev–Trinajstić information content (AvgIpc) is 3.03. The zero-order valence-electron chi connectivity index (χ0n) is 10.5. The number of nitrogens with zero attached hydrogens (tertiary/aromatic N) is 2. The molecule has 2 aliphatic rings. The van der Waals surface area contributed by atoms with E-state index in [-0.39, 0.29) is 0 Å². The first-order valence-electron chi connectivity index (χ1n) is 6.87. The Balaban J connectivity index is 1.71. The molecule has 1 aliphatic heterocycles. The lowest BCUT2D eigenvalue weighted by Crippen LogP contribution is -2.41. The van der Waals surface area contributed by atoms with Gasteiger partial charge in [0.2, 0.25) is 0 Å². The van der Waals surface area contributed by atoms with Crippen molar-refractivity contribution in [2.75, 3.05) is 13.1 Å². The van der Waals surface area contributed by atoms with Gasteiger partial charge in [-0.2, -0.15) is 0 Å². The standard InChI is InChI=1S/C13H25N3/c1-2-3-4-5-6-12-9-15-13(14)16(12)10-11-7-8-11/h11-12H,2-10H2,1H3,(H2,14,15). The van der Waals surface area contributed by atoms with Gasteiger partial charge >= 0.3 is 0 Å². The number of aliphatic imine (C=N–C) groups is 1. The Kier molecular flexibility index (Phi) is 4.08. The minimum absolute atomic E-state index is 0.609. The van der Waals surface area contributed by atoms with Crippen LogP contribution in [0.25, 0.3) is 0 Å². The van der Waals surface area contributed by atoms with Gasteiger partial charge in [0, 0.05) is 6.54 Å². The van der Waals surface area contributed by atoms with Gasteiger partial charge in [0.15, 0.2) is 5.96 Å². The van der Waals surface area contributed by atoms with Gasteiger partial charge in [0.05, 0.1) is 12.6 Å². The van der Waals surface area contributed by atoms with Gasteiger partial charge in [-0.1, -0.05) is 32.6 Å². The summed E-state index contributed by atoms with van der Waals surface area (Å²) in [6.07, 6.45) is 9.45. The van der Waals surface area contributed by atoms with Crippen LogP contribution in [0, 0.1) is 5.92 Å². The molecule has 0 radical (unpaired) electrons. The first-order valence-corrected chi connectivity index (χ1v) is 6.87. The summed E-state index contributed by atoms with van der Waals surface area (Å²) in [7, 11) is 0. The van der Waals surface area contributed by atoms with Crippen molar-refractivity contribution >= 4 is 5.96 Å². The molecule has 3 heteroatoms. The Labute approximate surface area is 99.1 Å². The van der Waals surface area contributed by atoms with Crippen molar-refractivity contribution in [1.29, 1.82) is 0 Å². The fourth-order valence-electron chi connectivity index (χ4n) is 2.45. The third-order valence-electron chi connectivity index (χ3n) is 3.74. The van der Waals surface area contributed by atoms with Crippen LogP contribution < -0.4 is 5.73 Å². The lowest BCUT2D eigenvalue weighted by atomic mass is 10.1. The van der Waals surface area contributed by atoms with E-state index < -0.39 is 0 Å². The topological polar surface area (TPSA) is 41.6 Å². The number of hydrogen-bond acceptors (Lipinski definition) is 3. The van der Waals surface area contributed by atoms with E-state index in [0.29, 0.717) is 6.04 Å². The molecule has 2 N–H and O–H groups in total. The monoisotopic (exact) mass is 223 g/mol. The number of unbranched alkanes of at least 4 members (excludes halogenated alkanes) is 3.